The van der Waals surface area contributed by atoms with Gasteiger partial charge < -0.3 is 4.42 Å². The maximum absolute atomic E-state index is 9.64. The van der Waals surface area contributed by atoms with Gasteiger partial charge >= 0.3 is 0 Å². The van der Waals surface area contributed by atoms with Crippen LogP contribution in [0, 0.1) is 0 Å². The highest BCUT2D eigenvalue weighted by molar-refractivity contribution is 6.22. The maximum atomic E-state index is 9.64. The minimum absolute atomic E-state index is 0.431. The minimum Gasteiger partial charge on any atom is -0.456 e. The van der Waals surface area contributed by atoms with Crippen molar-refractivity contribution in [2.75, 3.05) is 0 Å². The first-order chi connectivity index (χ1) is 34.4. The Morgan fingerprint density at radius 3 is 1.65 bits per heavy atom. The van der Waals surface area contributed by atoms with Gasteiger partial charge in [0.05, 0.1) is 35.6 Å². The molecule has 1 heterocycles. The van der Waals surface area contributed by atoms with E-state index in [2.05, 4.69) is 0 Å². The molecule has 214 valence electrons. The average molecular weight is 613 g/mol. The molecule has 0 atom stereocenters. The highest BCUT2D eigenvalue weighted by atomic mass is 16.3. The van der Waals surface area contributed by atoms with Gasteiger partial charge in [0.15, 0.2) is 0 Å². The van der Waals surface area contributed by atoms with Gasteiger partial charge in [-0.3, -0.25) is 0 Å². The Hall–Kier alpha value is -5.92. The van der Waals surface area contributed by atoms with Gasteiger partial charge in [-0.25, -0.2) is 0 Å². The molecule has 0 bridgehead atoms. The first-order valence-corrected chi connectivity index (χ1v) is 13.7. The van der Waals surface area contributed by atoms with E-state index in [-0.39, 0.29) is 0 Å². The van der Waals surface area contributed by atoms with Crippen LogP contribution < -0.4 is 0 Å². The summed E-state index contributed by atoms with van der Waals surface area (Å²) in [4.78, 5) is 0. The summed E-state index contributed by atoms with van der Waals surface area (Å²) >= 11 is 0. The predicted molar refractivity (Wildman–Crippen MR) is 193 cm³/mol. The molecule has 0 fully saturated rings. The SMILES string of the molecule is [2H]c1c([2H])c([2H])c2c(c1[2H])-c1c(-c3c([2H])c([2H])c(-c4c5c([2H])c([2H])c([2H])c([2H])c5c(-c5c([2H])c([2H])c6oc7c([2H])c([2H])c([2H])c([2H])c7c6c5[2H])c5c([2H])c([2H])c([2H])c([2H])c45)c([2H])c3[2H])c([2H])c([2H])c([2H])c1C2([2H])[2H]. The maximum Gasteiger partial charge on any atom is 0.135 e. The molecule has 1 heteroatoms. The van der Waals surface area contributed by atoms with Gasteiger partial charge in [0.25, 0.3) is 0 Å². The van der Waals surface area contributed by atoms with Crippen LogP contribution >= 0.6 is 0 Å². The molecule has 0 aliphatic heterocycles. The molecule has 10 rings (SSSR count). The molecular weight excluding hydrogens is 556 g/mol. The van der Waals surface area contributed by atoms with Crippen LogP contribution in [0.3, 0.4) is 0 Å². The number of furan rings is 1. The monoisotopic (exact) mass is 612 g/mol. The van der Waals surface area contributed by atoms with Crippen LogP contribution in [0.15, 0.2) is 162 Å². The molecular formula is C45H28O. The van der Waals surface area contributed by atoms with Crippen molar-refractivity contribution in [1.29, 1.82) is 0 Å². The van der Waals surface area contributed by atoms with Crippen molar-refractivity contribution in [2.24, 2.45) is 0 Å². The number of para-hydroxylation sites is 1. The Balaban J connectivity index is 1.44. The molecule has 1 nitrogen and oxygen atoms in total. The third-order valence-electron chi connectivity index (χ3n) is 7.70. The Morgan fingerprint density at radius 2 is 0.913 bits per heavy atom. The fraction of sp³-hybridized carbons (Fsp3) is 0.0222. The largest absolute Gasteiger partial charge is 0.456 e. The van der Waals surface area contributed by atoms with Crippen molar-refractivity contribution < 1.29 is 42.8 Å². The fourth-order valence-electron chi connectivity index (χ4n) is 5.77. The normalized spacial score (nSPS) is 21.9. The van der Waals surface area contributed by atoms with E-state index in [1.807, 2.05) is 0 Å². The zero-order valence-electron chi connectivity index (χ0n) is 50.9. The van der Waals surface area contributed by atoms with E-state index in [0.29, 0.717) is 0 Å². The average Bonchev–Trinajstić information content (AvgIpc) is 3.88. The molecule has 0 saturated heterocycles. The van der Waals surface area contributed by atoms with Crippen LogP contribution in [0.2, 0.25) is 0 Å². The van der Waals surface area contributed by atoms with E-state index >= 15 is 0 Å². The molecule has 0 saturated carbocycles. The van der Waals surface area contributed by atoms with Crippen LogP contribution in [0.1, 0.15) is 49.5 Å². The van der Waals surface area contributed by atoms with E-state index < -0.39 is 263 Å². The Morgan fingerprint density at radius 1 is 0.391 bits per heavy atom. The van der Waals surface area contributed by atoms with E-state index in [1.54, 1.807) is 0 Å². The zero-order valence-corrected chi connectivity index (χ0v) is 22.9. The van der Waals surface area contributed by atoms with Crippen molar-refractivity contribution >= 4 is 43.5 Å². The molecule has 0 amide bonds. The second kappa shape index (κ2) is 9.79. The third kappa shape index (κ3) is 3.69. The van der Waals surface area contributed by atoms with Gasteiger partial charge in [-0.2, -0.15) is 0 Å². The second-order valence-corrected chi connectivity index (χ2v) is 10.1. The summed E-state index contributed by atoms with van der Waals surface area (Å²) in [6.07, 6.45) is -2.96. The zero-order chi connectivity index (χ0) is 54.6. The Kier molecular flexibility index (Phi) is 2.19. The molecule has 9 aromatic rings. The predicted octanol–water partition coefficient (Wildman–Crippen LogP) is 12.5. The molecule has 0 N–H and O–H groups in total. The fourth-order valence-corrected chi connectivity index (χ4v) is 5.77. The summed E-state index contributed by atoms with van der Waals surface area (Å²) in [5.41, 5.74) is -8.44. The molecule has 0 unspecified atom stereocenters. The standard InChI is InChI=1S/C45H28O/c1-2-12-34-30(10-1)26-31-11-9-18-33(44(31)34)28-20-22-29(23-21-28)43-36-14-3-5-16-38(36)45(39-17-6-4-15-37(39)43)32-24-25-42-40(27-32)35-13-7-8-19-41(35)46-42/h1-25,27H,26H2/i1D,2D,3D,4D,5D,6D,7D,8D,9D,10D,11D,12D,13D,14D,15D,16D,17D,18D,19D,20D,21D,22D,23D,24D,25D,26D2,27D. The van der Waals surface area contributed by atoms with E-state index in [1.165, 1.54) is 0 Å². The minimum atomic E-state index is -2.96. The first-order valence-electron chi connectivity index (χ1n) is 27.7. The molecule has 46 heavy (non-hydrogen) atoms. The van der Waals surface area contributed by atoms with E-state index in [0.717, 1.165) is 0 Å². The number of benzene rings is 8. The summed E-state index contributed by atoms with van der Waals surface area (Å²) in [6.45, 7) is 0. The van der Waals surface area contributed by atoms with Gasteiger partial charge in [-0.15, -0.1) is 0 Å². The Labute approximate surface area is 306 Å². The lowest BCUT2D eigenvalue weighted by Gasteiger charge is -2.18. The summed E-state index contributed by atoms with van der Waals surface area (Å²) in [5.74, 6) is 0. The summed E-state index contributed by atoms with van der Waals surface area (Å²) in [5, 5.41) is -3.89. The van der Waals surface area contributed by atoms with Crippen LogP contribution in [0.25, 0.3) is 88.0 Å². The summed E-state index contributed by atoms with van der Waals surface area (Å²) in [7, 11) is 0. The number of rotatable bonds is 3. The van der Waals surface area contributed by atoms with Crippen molar-refractivity contribution in [1.82, 2.24) is 0 Å². The quantitative estimate of drug-likeness (QED) is 0.181. The van der Waals surface area contributed by atoms with Crippen molar-refractivity contribution in [3.8, 4) is 44.5 Å². The number of fused-ring (bicyclic) bond motifs is 8. The Bertz CT molecular complexity index is 4120. The molecule has 1 aliphatic carbocycles. The summed E-state index contributed by atoms with van der Waals surface area (Å²) < 4.78 is 258. The van der Waals surface area contributed by atoms with Crippen molar-refractivity contribution in [3.05, 3.63) is 168 Å². The third-order valence-corrected chi connectivity index (χ3v) is 7.70. The molecule has 0 spiro atoms. The second-order valence-electron chi connectivity index (χ2n) is 10.1. The first kappa shape index (κ1) is 10.3. The number of hydrogen-bond acceptors (Lipinski definition) is 1. The molecule has 1 aromatic heterocycles. The highest BCUT2D eigenvalue weighted by Gasteiger charge is 2.22. The van der Waals surface area contributed by atoms with Crippen LogP contribution in [0.5, 0.6) is 0 Å². The lowest BCUT2D eigenvalue weighted by atomic mass is 9.85. The topological polar surface area (TPSA) is 13.1 Å². The van der Waals surface area contributed by atoms with Crippen LogP contribution in [0.4, 0.5) is 0 Å². The lowest BCUT2D eigenvalue weighted by molar-refractivity contribution is 0.669. The molecule has 8 aromatic carbocycles. The van der Waals surface area contributed by atoms with E-state index in [4.69, 9.17) is 29.1 Å². The van der Waals surface area contributed by atoms with Crippen molar-refractivity contribution in [3.63, 3.8) is 0 Å². The summed E-state index contributed by atoms with van der Waals surface area (Å²) in [6, 6.07) is -24.5. The molecule has 0 radical (unpaired) electrons. The van der Waals surface area contributed by atoms with Gasteiger partial charge in [0, 0.05) is 13.5 Å². The van der Waals surface area contributed by atoms with Gasteiger partial charge in [-0.05, 0) is 102 Å². The van der Waals surface area contributed by atoms with Crippen molar-refractivity contribution in [2.45, 2.75) is 6.37 Å². The van der Waals surface area contributed by atoms with Crippen LogP contribution in [-0.2, 0) is 6.37 Å². The smallest absolute Gasteiger partial charge is 0.135 e. The van der Waals surface area contributed by atoms with Gasteiger partial charge in [-0.1, -0.05) is 139 Å². The van der Waals surface area contributed by atoms with E-state index in [9.17, 15) is 13.7 Å². The molecule has 1 aliphatic rings. The van der Waals surface area contributed by atoms with Crippen LogP contribution in [-0.4, -0.2) is 0 Å². The van der Waals surface area contributed by atoms with Gasteiger partial charge in [0.2, 0.25) is 0 Å². The highest BCUT2D eigenvalue weighted by Crippen LogP contribution is 2.46. The lowest BCUT2D eigenvalue weighted by Crippen LogP contribution is -1.91. The van der Waals surface area contributed by atoms with Gasteiger partial charge in [0.1, 0.15) is 11.2 Å². The number of hydrogen-bond donors (Lipinski definition) is 0.